The number of carbonyl (C=O) groups excluding carboxylic acids is 7. The van der Waals surface area contributed by atoms with Crippen LogP contribution in [0.2, 0.25) is 0 Å². The molecule has 0 radical (unpaired) electrons. The minimum absolute atomic E-state index is 0.103. The summed E-state index contributed by atoms with van der Waals surface area (Å²) >= 11 is 1.40. The highest BCUT2D eigenvalue weighted by Crippen LogP contribution is 2.20. The van der Waals surface area contributed by atoms with E-state index in [-0.39, 0.29) is 36.6 Å². The predicted octanol–water partition coefficient (Wildman–Crippen LogP) is 0.912. The van der Waals surface area contributed by atoms with Crippen molar-refractivity contribution in [2.45, 2.75) is 115 Å². The number of thioether (sulfide) groups is 1. The lowest BCUT2D eigenvalue weighted by atomic mass is 10.0. The fraction of sp³-hybridized carbons (Fsp3) is 0.489. The van der Waals surface area contributed by atoms with Crippen LogP contribution in [0.25, 0.3) is 10.8 Å². The summed E-state index contributed by atoms with van der Waals surface area (Å²) in [6.45, 7) is 5.93. The molecule has 1 aliphatic rings. The average molecular weight is 936 g/mol. The zero-order chi connectivity index (χ0) is 48.5. The van der Waals surface area contributed by atoms with E-state index in [1.807, 2.05) is 42.5 Å². The number of nitrogens with zero attached hydrogens (tertiary/aromatic N) is 1. The summed E-state index contributed by atoms with van der Waals surface area (Å²) in [6, 6.07) is 10.7. The summed E-state index contributed by atoms with van der Waals surface area (Å²) in [5.74, 6) is -5.51. The van der Waals surface area contributed by atoms with Gasteiger partial charge in [-0.15, -0.1) is 0 Å². The van der Waals surface area contributed by atoms with Gasteiger partial charge in [-0.3, -0.25) is 43.7 Å². The molecule has 3 aromatic carbocycles. The van der Waals surface area contributed by atoms with Crippen LogP contribution in [0.1, 0.15) is 65.4 Å². The van der Waals surface area contributed by atoms with E-state index >= 15 is 0 Å². The molecule has 0 saturated carbocycles. The Morgan fingerprint density at radius 1 is 0.803 bits per heavy atom. The molecule has 21 heteroatoms. The Morgan fingerprint density at radius 3 is 2.06 bits per heavy atom. The highest BCUT2D eigenvalue weighted by molar-refractivity contribution is 7.99. The number of primary amides is 1. The quantitative estimate of drug-likeness (QED) is 0.0592. The molecular weight excluding hydrogens is 875 g/mol. The zero-order valence-corrected chi connectivity index (χ0v) is 38.2. The average Bonchev–Trinajstić information content (AvgIpc) is 3.28. The lowest BCUT2D eigenvalue weighted by Gasteiger charge is -2.30. The second-order valence-electron chi connectivity index (χ2n) is 16.6. The van der Waals surface area contributed by atoms with Crippen LogP contribution in [0.5, 0.6) is 0 Å². The molecule has 20 nitrogen and oxygen atoms in total. The number of rotatable bonds is 19. The minimum atomic E-state index is -1.66. The first-order chi connectivity index (χ1) is 31.3. The van der Waals surface area contributed by atoms with E-state index < -0.39 is 94.7 Å². The highest BCUT2D eigenvalue weighted by atomic mass is 32.2. The van der Waals surface area contributed by atoms with Crippen LogP contribution in [0.15, 0.2) is 66.7 Å². The number of hydrogen-bond donors (Lipinski definition) is 10. The largest absolute Gasteiger partial charge is 0.391 e. The standard InChI is InChI=1S/C45H61N9O11S/c1-25(2)37(43(61)53-38(26(3)55)44(62)49-34(40(46)58)22-28-13-17-32(18-14-28)54(64)65)51-45(63)39(27(4)56)52-42(60)35-24-66-21-9-5-6-12-36(57)48-33(41(59)50-35)19-20-47-31-16-15-29-10-7-8-11-30(29)23-31/h7-8,10-11,13-18,23,25-27,33-35,37-39,47,55-56H,5-6,9,12,19-22,24H2,1-4H3,(H2,46,58)(H,48,57)(H,49,62)(H,50,59)(H,51,63)(H,52,60)(H,53,61)/t26-,27-,33+,34+,35+,37+,38+,39+/m1/s1. The van der Waals surface area contributed by atoms with Gasteiger partial charge < -0.3 is 53.2 Å². The van der Waals surface area contributed by atoms with Crippen molar-refractivity contribution in [1.82, 2.24) is 31.9 Å². The van der Waals surface area contributed by atoms with Crippen molar-refractivity contribution in [3.8, 4) is 0 Å². The van der Waals surface area contributed by atoms with Gasteiger partial charge in [-0.25, -0.2) is 0 Å². The van der Waals surface area contributed by atoms with Crippen LogP contribution in [-0.4, -0.2) is 123 Å². The highest BCUT2D eigenvalue weighted by Gasteiger charge is 2.37. The van der Waals surface area contributed by atoms with Gasteiger partial charge in [-0.1, -0.05) is 62.7 Å². The first-order valence-corrected chi connectivity index (χ1v) is 23.0. The number of benzene rings is 3. The second-order valence-corrected chi connectivity index (χ2v) is 17.8. The van der Waals surface area contributed by atoms with Crippen LogP contribution >= 0.6 is 11.8 Å². The Hall–Kier alpha value is -6.32. The summed E-state index contributed by atoms with van der Waals surface area (Å²) in [5, 5.41) is 53.1. The van der Waals surface area contributed by atoms with Gasteiger partial charge in [0.2, 0.25) is 41.4 Å². The smallest absolute Gasteiger partial charge is 0.269 e. The number of non-ortho nitro benzene ring substituents is 1. The zero-order valence-electron chi connectivity index (χ0n) is 37.4. The maximum atomic E-state index is 13.9. The van der Waals surface area contributed by atoms with Crippen molar-refractivity contribution < 1.29 is 48.7 Å². The normalized spacial score (nSPS) is 18.8. The predicted molar refractivity (Wildman–Crippen MR) is 249 cm³/mol. The monoisotopic (exact) mass is 935 g/mol. The molecule has 0 aromatic heterocycles. The maximum absolute atomic E-state index is 13.9. The lowest BCUT2D eigenvalue weighted by molar-refractivity contribution is -0.384. The number of fused-ring (bicyclic) bond motifs is 1. The van der Waals surface area contributed by atoms with E-state index in [0.717, 1.165) is 29.3 Å². The molecule has 1 aliphatic heterocycles. The molecule has 66 heavy (non-hydrogen) atoms. The SMILES string of the molecule is CC(C)[C@H](NC(=O)[C@@H](NC(=O)[C@@H]1CSCCCCCC(=O)N[C@@H](CCNc2ccc3ccccc3c2)C(=O)N1)[C@@H](C)O)C(=O)N[C@H](C(=O)N[C@@H](Cc1ccc([N+](=O)[O-])cc1)C(N)=O)[C@@H](C)O. The molecule has 1 saturated heterocycles. The van der Waals surface area contributed by atoms with Crippen LogP contribution in [-0.2, 0) is 40.0 Å². The summed E-state index contributed by atoms with van der Waals surface area (Å²) < 4.78 is 0. The molecule has 3 aromatic rings. The van der Waals surface area contributed by atoms with Crippen molar-refractivity contribution in [2.24, 2.45) is 11.7 Å². The van der Waals surface area contributed by atoms with E-state index in [1.165, 1.54) is 49.9 Å². The molecule has 7 amide bonds. The fourth-order valence-electron chi connectivity index (χ4n) is 7.08. The number of anilines is 1. The Kier molecular flexibility index (Phi) is 20.1. The summed E-state index contributed by atoms with van der Waals surface area (Å²) in [5.41, 5.74) is 6.58. The molecule has 8 atom stereocenters. The number of nitro benzene ring substituents is 1. The van der Waals surface area contributed by atoms with Gasteiger partial charge >= 0.3 is 0 Å². The number of carbonyl (C=O) groups is 7. The molecule has 358 valence electrons. The van der Waals surface area contributed by atoms with E-state index in [9.17, 15) is 53.9 Å². The van der Waals surface area contributed by atoms with Gasteiger partial charge in [0, 0.05) is 43.0 Å². The first-order valence-electron chi connectivity index (χ1n) is 21.8. The van der Waals surface area contributed by atoms with Gasteiger partial charge in [0.05, 0.1) is 17.1 Å². The molecule has 4 rings (SSSR count). The van der Waals surface area contributed by atoms with Gasteiger partial charge in [0.1, 0.15) is 36.3 Å². The summed E-state index contributed by atoms with van der Waals surface area (Å²) in [6.07, 6.45) is -0.664. The van der Waals surface area contributed by atoms with Crippen molar-refractivity contribution in [3.63, 3.8) is 0 Å². The van der Waals surface area contributed by atoms with E-state index in [0.29, 0.717) is 24.3 Å². The molecule has 0 unspecified atom stereocenters. The number of nitro groups is 1. The molecule has 0 spiro atoms. The molecule has 1 fully saturated rings. The van der Waals surface area contributed by atoms with E-state index in [2.05, 4.69) is 37.2 Å². The van der Waals surface area contributed by atoms with Crippen LogP contribution in [0.4, 0.5) is 11.4 Å². The number of aliphatic hydroxyl groups excluding tert-OH is 2. The van der Waals surface area contributed by atoms with Gasteiger partial charge in [0.15, 0.2) is 0 Å². The summed E-state index contributed by atoms with van der Waals surface area (Å²) in [7, 11) is 0. The van der Waals surface area contributed by atoms with E-state index in [4.69, 9.17) is 5.73 Å². The molecule has 1 heterocycles. The maximum Gasteiger partial charge on any atom is 0.269 e. The number of nitrogens with one attached hydrogen (secondary N) is 7. The van der Waals surface area contributed by atoms with Crippen molar-refractivity contribution in [3.05, 3.63) is 82.4 Å². The third-order valence-corrected chi connectivity index (χ3v) is 12.0. The van der Waals surface area contributed by atoms with Gasteiger partial charge in [-0.05, 0) is 73.2 Å². The number of amides is 7. The van der Waals surface area contributed by atoms with Crippen molar-refractivity contribution in [2.75, 3.05) is 23.4 Å². The van der Waals surface area contributed by atoms with E-state index in [1.54, 1.807) is 13.8 Å². The van der Waals surface area contributed by atoms with Crippen molar-refractivity contribution >= 4 is 75.3 Å². The lowest BCUT2D eigenvalue weighted by Crippen LogP contribution is -2.63. The third-order valence-electron chi connectivity index (χ3n) is 10.9. The van der Waals surface area contributed by atoms with Crippen LogP contribution in [0, 0.1) is 16.0 Å². The van der Waals surface area contributed by atoms with Crippen molar-refractivity contribution in [1.29, 1.82) is 0 Å². The summed E-state index contributed by atoms with van der Waals surface area (Å²) in [4.78, 5) is 104. The molecule has 0 bridgehead atoms. The number of aliphatic hydroxyl groups is 2. The second kappa shape index (κ2) is 25.4. The number of hydrogen-bond acceptors (Lipinski definition) is 13. The number of nitrogens with two attached hydrogens (primary N) is 1. The molecular formula is C45H61N9O11S. The van der Waals surface area contributed by atoms with Gasteiger partial charge in [0.25, 0.3) is 5.69 Å². The minimum Gasteiger partial charge on any atom is -0.391 e. The van der Waals surface area contributed by atoms with Crippen LogP contribution < -0.4 is 43.0 Å². The Balaban J connectivity index is 1.43. The fourth-order valence-corrected chi connectivity index (χ4v) is 8.12. The van der Waals surface area contributed by atoms with Crippen LogP contribution in [0.3, 0.4) is 0 Å². The third kappa shape index (κ3) is 16.0. The Morgan fingerprint density at radius 2 is 1.42 bits per heavy atom. The Labute approximate surface area is 386 Å². The molecule has 0 aliphatic carbocycles. The first kappa shape index (κ1) is 52.3. The topological polar surface area (TPSA) is 313 Å². The van der Waals surface area contributed by atoms with Gasteiger partial charge in [-0.2, -0.15) is 11.8 Å². The Bertz CT molecular complexity index is 2190. The molecule has 11 N–H and O–H groups in total.